The lowest BCUT2D eigenvalue weighted by molar-refractivity contribution is 0.198. The van der Waals surface area contributed by atoms with Gasteiger partial charge in [0.1, 0.15) is 10.7 Å². The summed E-state index contributed by atoms with van der Waals surface area (Å²) in [5.41, 5.74) is 1.36. The van der Waals surface area contributed by atoms with Crippen LogP contribution < -0.4 is 10.6 Å². The summed E-state index contributed by atoms with van der Waals surface area (Å²) < 4.78 is 38.4. The smallest absolute Gasteiger partial charge is 0.191 e. The monoisotopic (exact) mass is 566 g/mol. The predicted molar refractivity (Wildman–Crippen MR) is 131 cm³/mol. The van der Waals surface area contributed by atoms with Crippen molar-refractivity contribution in [3.05, 3.63) is 52.5 Å². The van der Waals surface area contributed by atoms with E-state index in [9.17, 15) is 12.8 Å². The number of hydrogen-bond donors (Lipinski definition) is 2. The number of halogens is 2. The van der Waals surface area contributed by atoms with Gasteiger partial charge >= 0.3 is 0 Å². The molecule has 1 aromatic carbocycles. The van der Waals surface area contributed by atoms with Crippen LogP contribution in [0.3, 0.4) is 0 Å². The Balaban J connectivity index is 0.00000320. The molecule has 0 radical (unpaired) electrons. The third-order valence-corrected chi connectivity index (χ3v) is 7.45. The summed E-state index contributed by atoms with van der Waals surface area (Å²) in [5.74, 6) is -0.345. The molecule has 0 aliphatic carbocycles. The van der Waals surface area contributed by atoms with Crippen molar-refractivity contribution in [1.29, 1.82) is 0 Å². The van der Waals surface area contributed by atoms with E-state index in [1.165, 1.54) is 23.8 Å². The highest BCUT2D eigenvalue weighted by atomic mass is 127. The second-order valence-corrected chi connectivity index (χ2v) is 9.93. The highest BCUT2D eigenvalue weighted by molar-refractivity contribution is 14.0. The Kier molecular flexibility index (Phi) is 9.98. The maximum absolute atomic E-state index is 13.8. The Morgan fingerprint density at radius 2 is 2.00 bits per heavy atom. The van der Waals surface area contributed by atoms with Crippen molar-refractivity contribution in [2.75, 3.05) is 32.4 Å². The summed E-state index contributed by atoms with van der Waals surface area (Å²) in [6.45, 7) is 3.16. The quantitative estimate of drug-likeness (QED) is 0.306. The normalized spacial score (nSPS) is 16.1. The van der Waals surface area contributed by atoms with Gasteiger partial charge < -0.3 is 10.6 Å². The maximum Gasteiger partial charge on any atom is 0.191 e. The van der Waals surface area contributed by atoms with Crippen molar-refractivity contribution >= 4 is 51.1 Å². The Morgan fingerprint density at radius 1 is 1.27 bits per heavy atom. The van der Waals surface area contributed by atoms with Crippen LogP contribution in [0.4, 0.5) is 4.39 Å². The zero-order valence-corrected chi connectivity index (χ0v) is 20.8. The van der Waals surface area contributed by atoms with Gasteiger partial charge in [0.05, 0.1) is 5.75 Å². The fraction of sp³-hybridized carbons (Fsp3) is 0.450. The third-order valence-electron chi connectivity index (χ3n) is 4.97. The number of guanidine groups is 1. The minimum Gasteiger partial charge on any atom is -0.355 e. The lowest BCUT2D eigenvalue weighted by Gasteiger charge is -2.32. The van der Waals surface area contributed by atoms with E-state index in [1.807, 2.05) is 0 Å². The lowest BCUT2D eigenvalue weighted by Crippen LogP contribution is -2.49. The molecule has 0 atom stereocenters. The van der Waals surface area contributed by atoms with Gasteiger partial charge in [-0.25, -0.2) is 12.8 Å². The first-order valence-electron chi connectivity index (χ1n) is 9.66. The predicted octanol–water partition coefficient (Wildman–Crippen LogP) is 3.11. The van der Waals surface area contributed by atoms with Crippen LogP contribution in [-0.2, 0) is 16.4 Å². The molecule has 30 heavy (non-hydrogen) atoms. The van der Waals surface area contributed by atoms with E-state index in [0.29, 0.717) is 12.0 Å². The molecule has 1 saturated heterocycles. The molecule has 1 aromatic heterocycles. The van der Waals surface area contributed by atoms with E-state index in [2.05, 4.69) is 37.4 Å². The highest BCUT2D eigenvalue weighted by Crippen LogP contribution is 2.16. The van der Waals surface area contributed by atoms with E-state index < -0.39 is 15.7 Å². The second-order valence-electron chi connectivity index (χ2n) is 7.07. The standard InChI is InChI=1S/C20H27FN4O2S2.HI/c1-22-20(23-9-13-29(26,27)19-5-3-2-4-18(19)21)24-17-6-10-25(11-7-17)14-16-8-12-28-15-16;/h2-5,8,12,15,17H,6-7,9-11,13-14H2,1H3,(H2,22,23,24);1H. The first-order chi connectivity index (χ1) is 14.0. The Bertz CT molecular complexity index is 915. The molecule has 1 fully saturated rings. The van der Waals surface area contributed by atoms with Crippen LogP contribution >= 0.6 is 35.3 Å². The van der Waals surface area contributed by atoms with E-state index >= 15 is 0 Å². The molecule has 2 N–H and O–H groups in total. The molecule has 0 bridgehead atoms. The van der Waals surface area contributed by atoms with E-state index in [4.69, 9.17) is 0 Å². The molecule has 0 unspecified atom stereocenters. The number of thiophene rings is 1. The van der Waals surface area contributed by atoms with Crippen molar-refractivity contribution in [3.63, 3.8) is 0 Å². The van der Waals surface area contributed by atoms with E-state index in [-0.39, 0.29) is 41.2 Å². The van der Waals surface area contributed by atoms with Crippen LogP contribution in [0.25, 0.3) is 0 Å². The average Bonchev–Trinajstić information content (AvgIpc) is 3.22. The number of sulfone groups is 1. The fourth-order valence-electron chi connectivity index (χ4n) is 3.37. The van der Waals surface area contributed by atoms with Crippen molar-refractivity contribution in [1.82, 2.24) is 15.5 Å². The molecule has 10 heteroatoms. The van der Waals surface area contributed by atoms with Gasteiger partial charge in [0.2, 0.25) is 0 Å². The van der Waals surface area contributed by atoms with Crippen molar-refractivity contribution in [3.8, 4) is 0 Å². The number of nitrogens with zero attached hydrogens (tertiary/aromatic N) is 2. The largest absolute Gasteiger partial charge is 0.355 e. The molecule has 1 aliphatic heterocycles. The summed E-state index contributed by atoms with van der Waals surface area (Å²) in [6, 6.07) is 7.91. The highest BCUT2D eigenvalue weighted by Gasteiger charge is 2.21. The zero-order chi connectivity index (χ0) is 20.7. The number of piperidine rings is 1. The number of likely N-dealkylation sites (tertiary alicyclic amines) is 1. The molecule has 6 nitrogen and oxygen atoms in total. The van der Waals surface area contributed by atoms with Gasteiger partial charge in [0.25, 0.3) is 0 Å². The number of hydrogen-bond acceptors (Lipinski definition) is 5. The average molecular weight is 567 g/mol. The molecule has 2 heterocycles. The first-order valence-corrected chi connectivity index (χ1v) is 12.3. The summed E-state index contributed by atoms with van der Waals surface area (Å²) in [5, 5.41) is 10.7. The lowest BCUT2D eigenvalue weighted by atomic mass is 10.0. The van der Waals surface area contributed by atoms with Gasteiger partial charge in [-0.3, -0.25) is 9.89 Å². The van der Waals surface area contributed by atoms with E-state index in [0.717, 1.165) is 38.5 Å². The van der Waals surface area contributed by atoms with Gasteiger partial charge in [0, 0.05) is 39.3 Å². The molecule has 166 valence electrons. The van der Waals surface area contributed by atoms with Crippen LogP contribution in [-0.4, -0.2) is 57.8 Å². The van der Waals surface area contributed by atoms with Crippen molar-refractivity contribution < 1.29 is 12.8 Å². The number of benzene rings is 1. The molecule has 2 aromatic rings. The first kappa shape index (κ1) is 25.0. The van der Waals surface area contributed by atoms with Crippen LogP contribution in [0.2, 0.25) is 0 Å². The molecule has 3 rings (SSSR count). The minimum atomic E-state index is -3.69. The maximum atomic E-state index is 13.8. The molecule has 0 saturated carbocycles. The van der Waals surface area contributed by atoms with Gasteiger partial charge in [-0.05, 0) is 47.4 Å². The minimum absolute atomic E-state index is 0. The molecule has 0 amide bonds. The molecular weight excluding hydrogens is 538 g/mol. The molecule has 0 spiro atoms. The van der Waals surface area contributed by atoms with Crippen molar-refractivity contribution in [2.24, 2.45) is 4.99 Å². The SMILES string of the molecule is CN=C(NCCS(=O)(=O)c1ccccc1F)NC1CCN(Cc2ccsc2)CC1.I. The van der Waals surface area contributed by atoms with Gasteiger partial charge in [-0.15, -0.1) is 24.0 Å². The van der Waals surface area contributed by atoms with Crippen molar-refractivity contribution in [2.45, 2.75) is 30.3 Å². The van der Waals surface area contributed by atoms with Crippen LogP contribution in [0.5, 0.6) is 0 Å². The third kappa shape index (κ3) is 7.17. The Labute approximate surface area is 198 Å². The summed E-state index contributed by atoms with van der Waals surface area (Å²) in [4.78, 5) is 6.37. The summed E-state index contributed by atoms with van der Waals surface area (Å²) in [7, 11) is -2.03. The topological polar surface area (TPSA) is 73.8 Å². The second kappa shape index (κ2) is 12.0. The van der Waals surface area contributed by atoms with Gasteiger partial charge in [-0.1, -0.05) is 12.1 Å². The Morgan fingerprint density at radius 3 is 2.63 bits per heavy atom. The van der Waals surface area contributed by atoms with Gasteiger partial charge in [0.15, 0.2) is 15.8 Å². The molecular formula is C20H28FIN4O2S2. The fourth-order valence-corrected chi connectivity index (χ4v) is 5.28. The Hall–Kier alpha value is -1.24. The van der Waals surface area contributed by atoms with Crippen LogP contribution in [0.1, 0.15) is 18.4 Å². The van der Waals surface area contributed by atoms with Crippen LogP contribution in [0.15, 0.2) is 51.0 Å². The van der Waals surface area contributed by atoms with Gasteiger partial charge in [-0.2, -0.15) is 11.3 Å². The summed E-state index contributed by atoms with van der Waals surface area (Å²) in [6.07, 6.45) is 2.00. The zero-order valence-electron chi connectivity index (χ0n) is 16.9. The number of nitrogens with one attached hydrogen (secondary N) is 2. The number of rotatable bonds is 7. The summed E-state index contributed by atoms with van der Waals surface area (Å²) >= 11 is 1.72. The van der Waals surface area contributed by atoms with Crippen LogP contribution in [0, 0.1) is 5.82 Å². The number of aliphatic imine (C=N–C) groups is 1. The van der Waals surface area contributed by atoms with E-state index in [1.54, 1.807) is 18.4 Å². The molecule has 1 aliphatic rings.